The van der Waals surface area contributed by atoms with Crippen molar-refractivity contribution >= 4 is 51.6 Å². The fraction of sp³-hybridized carbons (Fsp3) is 0.368. The molecule has 0 aliphatic heterocycles. The van der Waals surface area contributed by atoms with Gasteiger partial charge in [-0.15, -0.1) is 0 Å². The standard InChI is InChI=1S/C38H42BrN3O12/c1-20(43)41-29(17-21-7-10-24(11-8-21)54-34(38(51)52)26-13-12-25(37(49)50)32(39)33(26)46)36(48)42-28(14-16-31(44)45)23-9-15-30(27(18-23)35(40)47)53-19-22-5-3-2-4-6-22/h7-13,15,18,22,28-29,34,46H,2-6,14,16-17,19H2,1H3,(H2,40,47)(H,41,43)(H,42,48)(H,44,45)(H,49,50)(H,51,52)/t28?,29-,34?/m0/s1. The number of nitrogens with one attached hydrogen (secondary N) is 2. The number of carbonyl (C=O) groups excluding carboxylic acids is 3. The van der Waals surface area contributed by atoms with Crippen LogP contribution in [0.2, 0.25) is 0 Å². The minimum Gasteiger partial charge on any atom is -0.506 e. The minimum atomic E-state index is -1.72. The largest absolute Gasteiger partial charge is 0.506 e. The van der Waals surface area contributed by atoms with E-state index in [-0.39, 0.29) is 46.2 Å². The second kappa shape index (κ2) is 18.9. The molecule has 0 bridgehead atoms. The van der Waals surface area contributed by atoms with E-state index in [0.29, 0.717) is 29.4 Å². The van der Waals surface area contributed by atoms with Crippen molar-refractivity contribution in [2.24, 2.45) is 11.7 Å². The first kappa shape index (κ1) is 41.1. The van der Waals surface area contributed by atoms with Gasteiger partial charge in [0, 0.05) is 25.3 Å². The molecule has 3 atom stereocenters. The topological polar surface area (TPSA) is 252 Å². The summed E-state index contributed by atoms with van der Waals surface area (Å²) in [6.07, 6.45) is 3.35. The normalized spacial score (nSPS) is 14.6. The van der Waals surface area contributed by atoms with Gasteiger partial charge < -0.3 is 46.3 Å². The molecule has 3 aromatic carbocycles. The molecule has 0 radical (unpaired) electrons. The highest BCUT2D eigenvalue weighted by Crippen LogP contribution is 2.37. The number of primary amides is 1. The number of carbonyl (C=O) groups is 6. The van der Waals surface area contributed by atoms with Crippen molar-refractivity contribution in [1.82, 2.24) is 10.6 Å². The van der Waals surface area contributed by atoms with E-state index in [9.17, 15) is 49.2 Å². The van der Waals surface area contributed by atoms with E-state index in [1.165, 1.54) is 43.7 Å². The molecule has 1 aliphatic rings. The number of ether oxygens (including phenoxy) is 2. The third-order valence-corrected chi connectivity index (χ3v) is 9.83. The number of rotatable bonds is 18. The number of amides is 3. The Morgan fingerprint density at radius 3 is 2.19 bits per heavy atom. The van der Waals surface area contributed by atoms with E-state index in [4.69, 9.17) is 15.2 Å². The Balaban J connectivity index is 1.52. The maximum Gasteiger partial charge on any atom is 0.349 e. The number of benzene rings is 3. The number of phenols is 1. The monoisotopic (exact) mass is 811 g/mol. The predicted molar refractivity (Wildman–Crippen MR) is 196 cm³/mol. The van der Waals surface area contributed by atoms with E-state index in [1.54, 1.807) is 12.1 Å². The van der Waals surface area contributed by atoms with Crippen LogP contribution in [0.1, 0.15) is 101 Å². The summed E-state index contributed by atoms with van der Waals surface area (Å²) < 4.78 is 11.4. The van der Waals surface area contributed by atoms with Crippen molar-refractivity contribution in [3.63, 3.8) is 0 Å². The number of hydrogen-bond donors (Lipinski definition) is 7. The zero-order valence-electron chi connectivity index (χ0n) is 29.4. The fourth-order valence-electron chi connectivity index (χ4n) is 6.24. The van der Waals surface area contributed by atoms with Gasteiger partial charge in [0.15, 0.2) is 0 Å². The Bertz CT molecular complexity index is 1880. The highest BCUT2D eigenvalue weighted by atomic mass is 79.9. The van der Waals surface area contributed by atoms with Crippen LogP contribution in [-0.2, 0) is 25.6 Å². The second-order valence-corrected chi connectivity index (χ2v) is 13.8. The van der Waals surface area contributed by atoms with Gasteiger partial charge in [-0.05, 0) is 82.6 Å². The molecule has 0 heterocycles. The summed E-state index contributed by atoms with van der Waals surface area (Å²) in [5.74, 6) is -5.72. The maximum absolute atomic E-state index is 13.7. The first-order chi connectivity index (χ1) is 25.6. The zero-order chi connectivity index (χ0) is 39.5. The van der Waals surface area contributed by atoms with Gasteiger partial charge in [-0.3, -0.25) is 19.2 Å². The molecule has 1 fully saturated rings. The van der Waals surface area contributed by atoms with E-state index in [2.05, 4.69) is 26.6 Å². The maximum atomic E-state index is 13.7. The minimum absolute atomic E-state index is 0.0371. The van der Waals surface area contributed by atoms with Gasteiger partial charge in [0.1, 0.15) is 23.3 Å². The van der Waals surface area contributed by atoms with Crippen molar-refractivity contribution in [3.8, 4) is 17.2 Å². The van der Waals surface area contributed by atoms with Crippen molar-refractivity contribution in [2.75, 3.05) is 6.61 Å². The van der Waals surface area contributed by atoms with E-state index >= 15 is 0 Å². The number of hydrogen-bond acceptors (Lipinski definition) is 9. The first-order valence-corrected chi connectivity index (χ1v) is 18.0. The van der Waals surface area contributed by atoms with Crippen molar-refractivity contribution in [1.29, 1.82) is 0 Å². The van der Waals surface area contributed by atoms with Crippen LogP contribution in [0.25, 0.3) is 0 Å². The molecule has 288 valence electrons. The summed E-state index contributed by atoms with van der Waals surface area (Å²) in [5.41, 5.74) is 6.24. The Labute approximate surface area is 319 Å². The number of phenolic OH excluding ortho intramolecular Hbond substituents is 1. The summed E-state index contributed by atoms with van der Waals surface area (Å²) in [7, 11) is 0. The molecular formula is C38H42BrN3O12. The molecule has 0 spiro atoms. The molecule has 15 nitrogen and oxygen atoms in total. The van der Waals surface area contributed by atoms with Crippen LogP contribution < -0.4 is 25.8 Å². The van der Waals surface area contributed by atoms with Crippen molar-refractivity contribution in [3.05, 3.63) is 86.9 Å². The van der Waals surface area contributed by atoms with Crippen molar-refractivity contribution in [2.45, 2.75) is 76.5 Å². The van der Waals surface area contributed by atoms with Crippen LogP contribution in [0.15, 0.2) is 59.1 Å². The molecule has 8 N–H and O–H groups in total. The van der Waals surface area contributed by atoms with Gasteiger partial charge in [-0.1, -0.05) is 43.5 Å². The lowest BCUT2D eigenvalue weighted by molar-refractivity contribution is -0.145. The van der Waals surface area contributed by atoms with Crippen LogP contribution in [0, 0.1) is 5.92 Å². The lowest BCUT2D eigenvalue weighted by Gasteiger charge is -2.25. The van der Waals surface area contributed by atoms with Crippen LogP contribution in [0.5, 0.6) is 17.2 Å². The molecule has 0 saturated heterocycles. The molecular weight excluding hydrogens is 770 g/mol. The molecule has 3 amide bonds. The molecule has 1 aliphatic carbocycles. The van der Waals surface area contributed by atoms with E-state index < -0.39 is 59.6 Å². The third kappa shape index (κ3) is 11.2. The number of nitrogens with two attached hydrogens (primary N) is 1. The Morgan fingerprint density at radius 2 is 1.59 bits per heavy atom. The molecule has 54 heavy (non-hydrogen) atoms. The predicted octanol–water partition coefficient (Wildman–Crippen LogP) is 4.89. The van der Waals surface area contributed by atoms with Gasteiger partial charge in [0.25, 0.3) is 5.91 Å². The van der Waals surface area contributed by atoms with Crippen molar-refractivity contribution < 1.29 is 58.7 Å². The van der Waals surface area contributed by atoms with E-state index in [0.717, 1.165) is 37.8 Å². The number of carboxylic acid groups (broad SMARTS) is 3. The number of aliphatic carboxylic acids is 2. The summed E-state index contributed by atoms with van der Waals surface area (Å²) in [6.45, 7) is 1.65. The number of carboxylic acids is 3. The molecule has 4 rings (SSSR count). The van der Waals surface area contributed by atoms with Gasteiger partial charge in [0.05, 0.1) is 28.2 Å². The summed E-state index contributed by atoms with van der Waals surface area (Å²) in [5, 5.41) is 44.5. The van der Waals surface area contributed by atoms with Crippen LogP contribution in [-0.4, -0.2) is 68.7 Å². The third-order valence-electron chi connectivity index (χ3n) is 9.03. The van der Waals surface area contributed by atoms with Crippen LogP contribution in [0.4, 0.5) is 0 Å². The second-order valence-electron chi connectivity index (χ2n) is 13.0. The summed E-state index contributed by atoms with van der Waals surface area (Å²) in [4.78, 5) is 73.4. The smallest absolute Gasteiger partial charge is 0.349 e. The van der Waals surface area contributed by atoms with Gasteiger partial charge >= 0.3 is 17.9 Å². The SMILES string of the molecule is CC(=O)N[C@@H](Cc1ccc(OC(C(=O)O)c2ccc(C(=O)O)c(Br)c2O)cc1)C(=O)NC(CCC(=O)O)c1ccc(OCC2CCCCC2)c(C(N)=O)c1. The van der Waals surface area contributed by atoms with Gasteiger partial charge in [-0.25, -0.2) is 9.59 Å². The Hall–Kier alpha value is -5.64. The first-order valence-electron chi connectivity index (χ1n) is 17.2. The number of halogens is 1. The van der Waals surface area contributed by atoms with Crippen LogP contribution in [0.3, 0.4) is 0 Å². The van der Waals surface area contributed by atoms with Crippen LogP contribution >= 0.6 is 15.9 Å². The molecule has 3 aromatic rings. The van der Waals surface area contributed by atoms with Gasteiger partial charge in [0.2, 0.25) is 17.9 Å². The summed E-state index contributed by atoms with van der Waals surface area (Å²) >= 11 is 2.98. The average Bonchev–Trinajstić information content (AvgIpc) is 3.12. The van der Waals surface area contributed by atoms with Gasteiger partial charge in [-0.2, -0.15) is 0 Å². The Morgan fingerprint density at radius 1 is 0.907 bits per heavy atom. The molecule has 2 unspecified atom stereocenters. The summed E-state index contributed by atoms with van der Waals surface area (Å²) in [6, 6.07) is 10.8. The highest BCUT2D eigenvalue weighted by molar-refractivity contribution is 9.10. The molecule has 1 saturated carbocycles. The number of aromatic carboxylic acids is 1. The molecule has 0 aromatic heterocycles. The highest BCUT2D eigenvalue weighted by Gasteiger charge is 2.29. The zero-order valence-corrected chi connectivity index (χ0v) is 31.0. The fourth-order valence-corrected chi connectivity index (χ4v) is 6.77. The Kier molecular flexibility index (Phi) is 14.4. The number of aromatic hydroxyl groups is 1. The lowest BCUT2D eigenvalue weighted by Crippen LogP contribution is -2.48. The average molecular weight is 813 g/mol. The quantitative estimate of drug-likeness (QED) is 0.0908. The lowest BCUT2D eigenvalue weighted by atomic mass is 9.90. The van der Waals surface area contributed by atoms with E-state index in [1.807, 2.05) is 0 Å². The molecule has 16 heteroatoms.